The summed E-state index contributed by atoms with van der Waals surface area (Å²) >= 11 is 12.8. The van der Waals surface area contributed by atoms with Gasteiger partial charge in [0.15, 0.2) is 5.82 Å². The minimum atomic E-state index is -0.688. The van der Waals surface area contributed by atoms with Crippen molar-refractivity contribution < 1.29 is 14.0 Å². The van der Waals surface area contributed by atoms with Crippen molar-refractivity contribution in [1.82, 2.24) is 15.2 Å². The number of carbonyl (C=O) groups excluding carboxylic acids is 2. The number of carbonyl (C=O) groups is 2. The number of benzene rings is 2. The monoisotopic (exact) mass is 569 g/mol. The number of rotatable bonds is 8. The summed E-state index contributed by atoms with van der Waals surface area (Å²) in [5.41, 5.74) is 2.42. The first-order valence-electron chi connectivity index (χ1n) is 12.8. The molecule has 2 aliphatic rings. The van der Waals surface area contributed by atoms with Gasteiger partial charge in [-0.25, -0.2) is 9.37 Å². The van der Waals surface area contributed by atoms with Crippen molar-refractivity contribution in [1.29, 1.82) is 0 Å². The van der Waals surface area contributed by atoms with Gasteiger partial charge < -0.3 is 15.1 Å². The molecule has 0 bridgehead atoms. The molecule has 2 aromatic carbocycles. The molecule has 39 heavy (non-hydrogen) atoms. The molecule has 3 aromatic rings. The zero-order chi connectivity index (χ0) is 27.8. The largest absolute Gasteiger partial charge is 0.368 e. The van der Waals surface area contributed by atoms with E-state index in [1.165, 1.54) is 29.5 Å². The first kappa shape index (κ1) is 27.4. The van der Waals surface area contributed by atoms with E-state index in [0.717, 1.165) is 25.3 Å². The summed E-state index contributed by atoms with van der Waals surface area (Å²) in [7, 11) is 5.46. The van der Waals surface area contributed by atoms with Crippen LogP contribution in [0.25, 0.3) is 11.1 Å². The average molecular weight is 570 g/mol. The fraction of sp³-hybridized carbons (Fsp3) is 0.345. The highest BCUT2D eigenvalue weighted by Gasteiger charge is 2.46. The highest BCUT2D eigenvalue weighted by atomic mass is 35.5. The van der Waals surface area contributed by atoms with Crippen LogP contribution in [-0.2, 0) is 0 Å². The number of likely N-dealkylation sites (N-methyl/N-ethyl adjacent to an activating group) is 1. The van der Waals surface area contributed by atoms with Gasteiger partial charge >= 0.3 is 0 Å². The third-order valence-electron chi connectivity index (χ3n) is 7.35. The molecule has 1 aromatic heterocycles. The quantitative estimate of drug-likeness (QED) is 0.403. The number of anilines is 2. The number of fused-ring (bicyclic) bond motifs is 1. The van der Waals surface area contributed by atoms with E-state index in [9.17, 15) is 14.0 Å². The van der Waals surface area contributed by atoms with E-state index in [1.54, 1.807) is 31.4 Å². The second kappa shape index (κ2) is 11.1. The third kappa shape index (κ3) is 5.73. The lowest BCUT2D eigenvalue weighted by Crippen LogP contribution is -2.32. The minimum absolute atomic E-state index is 0.0416. The average Bonchev–Trinajstić information content (AvgIpc) is 3.52. The topological polar surface area (TPSA) is 68.8 Å². The number of aromatic nitrogens is 1. The number of nitrogens with zero attached hydrogens (tertiary/aromatic N) is 4. The molecule has 0 spiro atoms. The fourth-order valence-electron chi connectivity index (χ4n) is 5.03. The molecule has 204 valence electrons. The van der Waals surface area contributed by atoms with Crippen LogP contribution in [0.1, 0.15) is 27.1 Å². The summed E-state index contributed by atoms with van der Waals surface area (Å²) in [4.78, 5) is 36.3. The number of nitrogens with one attached hydrogen (secondary N) is 1. The number of pyridine rings is 1. The summed E-state index contributed by atoms with van der Waals surface area (Å²) in [6.07, 6.45) is 2.83. The van der Waals surface area contributed by atoms with Crippen molar-refractivity contribution in [2.24, 2.45) is 11.8 Å². The van der Waals surface area contributed by atoms with Crippen molar-refractivity contribution in [3.63, 3.8) is 0 Å². The lowest BCUT2D eigenvalue weighted by Gasteiger charge is -2.27. The molecule has 1 N–H and O–H groups in total. The van der Waals surface area contributed by atoms with Gasteiger partial charge in [0, 0.05) is 61.1 Å². The Morgan fingerprint density at radius 3 is 2.51 bits per heavy atom. The maximum Gasteiger partial charge on any atom is 0.263 e. The second-order valence-corrected chi connectivity index (χ2v) is 11.3. The van der Waals surface area contributed by atoms with E-state index in [2.05, 4.69) is 15.2 Å². The van der Waals surface area contributed by atoms with E-state index in [1.807, 2.05) is 25.1 Å². The molecule has 2 unspecified atom stereocenters. The molecule has 2 heterocycles. The first-order valence-corrected chi connectivity index (χ1v) is 13.6. The number of hydrogen-bond acceptors (Lipinski definition) is 5. The summed E-state index contributed by atoms with van der Waals surface area (Å²) in [5, 5.41) is 3.44. The molecule has 2 fully saturated rings. The Balaban J connectivity index is 1.49. The molecular weight excluding hydrogens is 540 g/mol. The van der Waals surface area contributed by atoms with Crippen LogP contribution in [0.3, 0.4) is 0 Å². The van der Waals surface area contributed by atoms with Gasteiger partial charge in [-0.1, -0.05) is 29.3 Å². The van der Waals surface area contributed by atoms with Crippen LogP contribution in [0.5, 0.6) is 0 Å². The number of piperidine rings is 1. The summed E-state index contributed by atoms with van der Waals surface area (Å²) in [5.74, 6) is 0.192. The van der Waals surface area contributed by atoms with Crippen molar-refractivity contribution in [2.45, 2.75) is 6.42 Å². The second-order valence-electron chi connectivity index (χ2n) is 10.4. The van der Waals surface area contributed by atoms with E-state index in [0.29, 0.717) is 45.9 Å². The zero-order valence-electron chi connectivity index (χ0n) is 22.0. The van der Waals surface area contributed by atoms with Crippen LogP contribution in [-0.4, -0.2) is 69.0 Å². The van der Waals surface area contributed by atoms with Crippen LogP contribution in [0.2, 0.25) is 10.0 Å². The molecule has 7 nitrogen and oxygen atoms in total. The maximum atomic E-state index is 14.6. The van der Waals surface area contributed by atoms with Crippen LogP contribution in [0.4, 0.5) is 15.9 Å². The van der Waals surface area contributed by atoms with Gasteiger partial charge in [-0.3, -0.25) is 14.5 Å². The van der Waals surface area contributed by atoms with Crippen molar-refractivity contribution in [2.75, 3.05) is 57.1 Å². The van der Waals surface area contributed by atoms with Crippen LogP contribution in [0.15, 0.2) is 48.7 Å². The van der Waals surface area contributed by atoms with Crippen LogP contribution >= 0.6 is 23.2 Å². The molecule has 0 radical (unpaired) electrons. The highest BCUT2D eigenvalue weighted by Crippen LogP contribution is 2.48. The Bertz CT molecular complexity index is 1400. The third-order valence-corrected chi connectivity index (χ3v) is 7.99. The molecule has 5 rings (SSSR count). The molecule has 1 saturated heterocycles. The predicted octanol–water partition coefficient (Wildman–Crippen LogP) is 5.22. The van der Waals surface area contributed by atoms with Crippen molar-refractivity contribution in [3.8, 4) is 11.1 Å². The predicted molar refractivity (Wildman–Crippen MR) is 154 cm³/mol. The normalized spacial score (nSPS) is 17.8. The smallest absolute Gasteiger partial charge is 0.263 e. The molecule has 2 amide bonds. The molecule has 2 atom stereocenters. The molecule has 1 aliphatic heterocycles. The summed E-state index contributed by atoms with van der Waals surface area (Å²) < 4.78 is 14.6. The molecule has 1 aliphatic carbocycles. The van der Waals surface area contributed by atoms with Gasteiger partial charge in [-0.05, 0) is 68.8 Å². The minimum Gasteiger partial charge on any atom is -0.368 e. The van der Waals surface area contributed by atoms with Gasteiger partial charge in [-0.2, -0.15) is 0 Å². The van der Waals surface area contributed by atoms with Gasteiger partial charge in [-0.15, -0.1) is 0 Å². The van der Waals surface area contributed by atoms with Gasteiger partial charge in [0.2, 0.25) is 0 Å². The van der Waals surface area contributed by atoms with Gasteiger partial charge in [0.1, 0.15) is 5.82 Å². The SMILES string of the molecule is CN(C)CCNC(=O)c1ccc(Cl)c(-c2cnc(N(C)C(=O)c3c(F)cccc3Cl)c(N3CC4CC4C3)c2)c1. The van der Waals surface area contributed by atoms with Crippen LogP contribution < -0.4 is 15.1 Å². The van der Waals surface area contributed by atoms with E-state index in [-0.39, 0.29) is 16.5 Å². The molecule has 1 saturated carbocycles. The summed E-state index contributed by atoms with van der Waals surface area (Å²) in [6.45, 7) is 2.96. The molecular formula is C29H30Cl2FN5O2. The lowest BCUT2D eigenvalue weighted by atomic mass is 10.0. The van der Waals surface area contributed by atoms with E-state index in [4.69, 9.17) is 23.2 Å². The summed E-state index contributed by atoms with van der Waals surface area (Å²) in [6, 6.07) is 11.2. The standard InChI is InChI=1S/C29H30Cl2FN5O2/c1-35(2)10-9-33-28(38)17-7-8-22(30)21(12-17)18-13-25(37-15-19-11-20(19)16-37)27(34-14-18)36(3)29(39)26-23(31)5-4-6-24(26)32/h4-8,12-14,19-20H,9-11,15-16H2,1-3H3,(H,33,38). The lowest BCUT2D eigenvalue weighted by molar-refractivity contribution is 0.0949. The van der Waals surface area contributed by atoms with Gasteiger partial charge in [0.25, 0.3) is 11.8 Å². The first-order chi connectivity index (χ1) is 18.6. The van der Waals surface area contributed by atoms with E-state index < -0.39 is 11.7 Å². The Labute approximate surface area is 237 Å². The van der Waals surface area contributed by atoms with Gasteiger partial charge in [0.05, 0.1) is 16.3 Å². The fourth-order valence-corrected chi connectivity index (χ4v) is 5.50. The Morgan fingerprint density at radius 1 is 1.08 bits per heavy atom. The molecule has 10 heteroatoms. The number of amides is 2. The number of halogens is 3. The van der Waals surface area contributed by atoms with Crippen molar-refractivity contribution >= 4 is 46.5 Å². The zero-order valence-corrected chi connectivity index (χ0v) is 23.6. The Hall–Kier alpha value is -3.20. The maximum absolute atomic E-state index is 14.6. The Kier molecular flexibility index (Phi) is 7.80. The highest BCUT2D eigenvalue weighted by molar-refractivity contribution is 6.34. The van der Waals surface area contributed by atoms with Crippen LogP contribution in [0, 0.1) is 17.7 Å². The van der Waals surface area contributed by atoms with Crippen molar-refractivity contribution in [3.05, 3.63) is 75.7 Å². The Morgan fingerprint density at radius 2 is 1.82 bits per heavy atom. The number of hydrogen-bond donors (Lipinski definition) is 1. The van der Waals surface area contributed by atoms with E-state index >= 15 is 0 Å².